The highest BCUT2D eigenvalue weighted by atomic mass is 16.5. The van der Waals surface area contributed by atoms with Gasteiger partial charge in [0.2, 0.25) is 5.75 Å². The maximum atomic E-state index is 13.0. The first-order valence-corrected chi connectivity index (χ1v) is 8.99. The predicted octanol–water partition coefficient (Wildman–Crippen LogP) is 3.90. The van der Waals surface area contributed by atoms with Gasteiger partial charge < -0.3 is 19.1 Å². The zero-order valence-corrected chi connectivity index (χ0v) is 15.3. The zero-order chi connectivity index (χ0) is 17.5. The SMILES string of the molecule is CCOc1cc(C(=O)N2CCCCC2C)cc(OCC)c1OCC. The summed E-state index contributed by atoms with van der Waals surface area (Å²) in [5, 5.41) is 0. The molecule has 0 N–H and O–H groups in total. The Kier molecular flexibility index (Phi) is 6.76. The van der Waals surface area contributed by atoms with Crippen molar-refractivity contribution in [3.8, 4) is 17.2 Å². The Balaban J connectivity index is 2.39. The lowest BCUT2D eigenvalue weighted by atomic mass is 10.0. The molecule has 0 radical (unpaired) electrons. The van der Waals surface area contributed by atoms with Gasteiger partial charge in [-0.05, 0) is 59.1 Å². The molecule has 1 aromatic rings. The molecule has 1 unspecified atom stereocenters. The van der Waals surface area contributed by atoms with Crippen LogP contribution in [-0.4, -0.2) is 43.2 Å². The quantitative estimate of drug-likeness (QED) is 0.758. The summed E-state index contributed by atoms with van der Waals surface area (Å²) in [4.78, 5) is 14.9. The van der Waals surface area contributed by atoms with E-state index in [-0.39, 0.29) is 11.9 Å². The number of nitrogens with zero attached hydrogens (tertiary/aromatic N) is 1. The van der Waals surface area contributed by atoms with Crippen molar-refractivity contribution in [2.45, 2.75) is 53.0 Å². The largest absolute Gasteiger partial charge is 0.490 e. The van der Waals surface area contributed by atoms with E-state index in [4.69, 9.17) is 14.2 Å². The van der Waals surface area contributed by atoms with Crippen molar-refractivity contribution in [2.75, 3.05) is 26.4 Å². The van der Waals surface area contributed by atoms with Crippen molar-refractivity contribution < 1.29 is 19.0 Å². The smallest absolute Gasteiger partial charge is 0.254 e. The van der Waals surface area contributed by atoms with Gasteiger partial charge in [-0.1, -0.05) is 0 Å². The fourth-order valence-electron chi connectivity index (χ4n) is 3.08. The van der Waals surface area contributed by atoms with E-state index >= 15 is 0 Å². The van der Waals surface area contributed by atoms with Crippen molar-refractivity contribution in [3.63, 3.8) is 0 Å². The third-order valence-corrected chi connectivity index (χ3v) is 4.22. The molecule has 0 aromatic heterocycles. The summed E-state index contributed by atoms with van der Waals surface area (Å²) in [7, 11) is 0. The highest BCUT2D eigenvalue weighted by molar-refractivity contribution is 5.96. The maximum Gasteiger partial charge on any atom is 0.254 e. The molecule has 0 spiro atoms. The van der Waals surface area contributed by atoms with Crippen LogP contribution in [0.25, 0.3) is 0 Å². The summed E-state index contributed by atoms with van der Waals surface area (Å²) in [6.07, 6.45) is 3.30. The molecule has 2 rings (SSSR count). The van der Waals surface area contributed by atoms with Gasteiger partial charge in [0.25, 0.3) is 5.91 Å². The number of rotatable bonds is 7. The van der Waals surface area contributed by atoms with Crippen molar-refractivity contribution in [2.24, 2.45) is 0 Å². The fourth-order valence-corrected chi connectivity index (χ4v) is 3.08. The van der Waals surface area contributed by atoms with Crippen molar-refractivity contribution >= 4 is 5.91 Å². The van der Waals surface area contributed by atoms with Crippen LogP contribution in [-0.2, 0) is 0 Å². The summed E-state index contributed by atoms with van der Waals surface area (Å²) >= 11 is 0. The lowest BCUT2D eigenvalue weighted by Crippen LogP contribution is -2.42. The van der Waals surface area contributed by atoms with E-state index in [0.29, 0.717) is 42.6 Å². The molecule has 1 saturated heterocycles. The number of ether oxygens (including phenoxy) is 3. The van der Waals surface area contributed by atoms with Gasteiger partial charge in [0, 0.05) is 18.2 Å². The Morgan fingerprint density at radius 2 is 1.62 bits per heavy atom. The Hall–Kier alpha value is -1.91. The summed E-state index contributed by atoms with van der Waals surface area (Å²) < 4.78 is 17.1. The Bertz CT molecular complexity index is 531. The van der Waals surface area contributed by atoms with Crippen LogP contribution in [0.15, 0.2) is 12.1 Å². The van der Waals surface area contributed by atoms with Crippen LogP contribution in [0.5, 0.6) is 17.2 Å². The van der Waals surface area contributed by atoms with E-state index in [1.165, 1.54) is 6.42 Å². The number of piperidine rings is 1. The normalized spacial score (nSPS) is 17.5. The zero-order valence-electron chi connectivity index (χ0n) is 15.3. The van der Waals surface area contributed by atoms with Gasteiger partial charge in [-0.2, -0.15) is 0 Å². The average Bonchev–Trinajstić information content (AvgIpc) is 2.58. The topological polar surface area (TPSA) is 48.0 Å². The number of carbonyl (C=O) groups is 1. The van der Waals surface area contributed by atoms with Gasteiger partial charge in [0.15, 0.2) is 11.5 Å². The van der Waals surface area contributed by atoms with E-state index in [1.54, 1.807) is 12.1 Å². The Morgan fingerprint density at radius 1 is 1.04 bits per heavy atom. The monoisotopic (exact) mass is 335 g/mol. The average molecular weight is 335 g/mol. The Morgan fingerprint density at radius 3 is 2.12 bits per heavy atom. The minimum atomic E-state index is 0.0344. The second kappa shape index (κ2) is 8.81. The van der Waals surface area contributed by atoms with E-state index < -0.39 is 0 Å². The van der Waals surface area contributed by atoms with Gasteiger partial charge >= 0.3 is 0 Å². The lowest BCUT2D eigenvalue weighted by molar-refractivity contribution is 0.0634. The van der Waals surface area contributed by atoms with Crippen LogP contribution < -0.4 is 14.2 Å². The van der Waals surface area contributed by atoms with Gasteiger partial charge in [-0.3, -0.25) is 4.79 Å². The first kappa shape index (κ1) is 18.4. The number of likely N-dealkylation sites (tertiary alicyclic amines) is 1. The molecule has 24 heavy (non-hydrogen) atoms. The third kappa shape index (κ3) is 4.13. The van der Waals surface area contributed by atoms with Gasteiger partial charge in [0.05, 0.1) is 19.8 Å². The van der Waals surface area contributed by atoms with E-state index in [0.717, 1.165) is 19.4 Å². The van der Waals surface area contributed by atoms with E-state index in [9.17, 15) is 4.79 Å². The number of benzene rings is 1. The van der Waals surface area contributed by atoms with Gasteiger partial charge in [0.1, 0.15) is 0 Å². The third-order valence-electron chi connectivity index (χ3n) is 4.22. The van der Waals surface area contributed by atoms with Crippen molar-refractivity contribution in [1.29, 1.82) is 0 Å². The number of hydrogen-bond acceptors (Lipinski definition) is 4. The first-order valence-electron chi connectivity index (χ1n) is 8.99. The van der Waals surface area contributed by atoms with Crippen LogP contribution in [0.3, 0.4) is 0 Å². The molecule has 0 bridgehead atoms. The summed E-state index contributed by atoms with van der Waals surface area (Å²) in [5.41, 5.74) is 0.596. The van der Waals surface area contributed by atoms with Gasteiger partial charge in [-0.25, -0.2) is 0 Å². The van der Waals surface area contributed by atoms with Crippen LogP contribution in [0.2, 0.25) is 0 Å². The predicted molar refractivity (Wildman–Crippen MR) is 94.3 cm³/mol. The summed E-state index contributed by atoms with van der Waals surface area (Å²) in [6, 6.07) is 3.82. The van der Waals surface area contributed by atoms with Crippen molar-refractivity contribution in [1.82, 2.24) is 4.90 Å². The number of carbonyl (C=O) groups excluding carboxylic acids is 1. The molecule has 5 nitrogen and oxygen atoms in total. The number of amides is 1. The molecule has 1 heterocycles. The van der Waals surface area contributed by atoms with Gasteiger partial charge in [-0.15, -0.1) is 0 Å². The minimum Gasteiger partial charge on any atom is -0.490 e. The molecule has 1 amide bonds. The summed E-state index contributed by atoms with van der Waals surface area (Å²) in [5.74, 6) is 1.74. The highest BCUT2D eigenvalue weighted by Gasteiger charge is 2.26. The molecule has 1 fully saturated rings. The second-order valence-electron chi connectivity index (χ2n) is 5.94. The van der Waals surface area contributed by atoms with Crippen LogP contribution in [0.4, 0.5) is 0 Å². The maximum absolute atomic E-state index is 13.0. The van der Waals surface area contributed by atoms with Crippen LogP contribution >= 0.6 is 0 Å². The van der Waals surface area contributed by atoms with E-state index in [1.807, 2.05) is 25.7 Å². The second-order valence-corrected chi connectivity index (χ2v) is 5.94. The lowest BCUT2D eigenvalue weighted by Gasteiger charge is -2.33. The molecular weight excluding hydrogens is 306 g/mol. The molecule has 1 aromatic carbocycles. The molecule has 0 aliphatic carbocycles. The standard InChI is InChI=1S/C19H29NO4/c1-5-22-16-12-15(13-17(23-6-2)18(16)24-7-3)19(21)20-11-9-8-10-14(20)4/h12-14H,5-11H2,1-4H3. The van der Waals surface area contributed by atoms with Crippen molar-refractivity contribution in [3.05, 3.63) is 17.7 Å². The van der Waals surface area contributed by atoms with Crippen LogP contribution in [0, 0.1) is 0 Å². The molecule has 1 aliphatic rings. The Labute approximate surface area is 144 Å². The number of hydrogen-bond donors (Lipinski definition) is 0. The first-order chi connectivity index (χ1) is 11.6. The minimum absolute atomic E-state index is 0.0344. The molecule has 5 heteroatoms. The van der Waals surface area contributed by atoms with Crippen LogP contribution in [0.1, 0.15) is 57.3 Å². The molecule has 134 valence electrons. The molecular formula is C19H29NO4. The van der Waals surface area contributed by atoms with E-state index in [2.05, 4.69) is 6.92 Å². The molecule has 0 saturated carbocycles. The summed E-state index contributed by atoms with van der Waals surface area (Å²) in [6.45, 7) is 10.2. The fraction of sp³-hybridized carbons (Fsp3) is 0.632. The molecule has 1 aliphatic heterocycles. The molecule has 1 atom stereocenters. The highest BCUT2D eigenvalue weighted by Crippen LogP contribution is 2.39.